The SMILES string of the molecule is COc1ccc(CCN/C=C(/C#N)C(=O)Nc2ccc(Cl)cc2Cl)cc1. The van der Waals surface area contributed by atoms with Crippen LogP contribution in [0.2, 0.25) is 10.0 Å². The Bertz CT molecular complexity index is 843. The molecule has 0 aliphatic heterocycles. The van der Waals surface area contributed by atoms with E-state index in [1.54, 1.807) is 19.2 Å². The summed E-state index contributed by atoms with van der Waals surface area (Å²) in [5, 5.41) is 15.5. The van der Waals surface area contributed by atoms with Gasteiger partial charge in [0.25, 0.3) is 5.91 Å². The molecule has 2 rings (SSSR count). The van der Waals surface area contributed by atoms with Gasteiger partial charge in [-0.2, -0.15) is 5.26 Å². The number of amides is 1. The van der Waals surface area contributed by atoms with Gasteiger partial charge in [-0.3, -0.25) is 4.79 Å². The van der Waals surface area contributed by atoms with Crippen molar-refractivity contribution in [2.75, 3.05) is 19.0 Å². The molecule has 2 aromatic rings. The lowest BCUT2D eigenvalue weighted by atomic mass is 10.1. The van der Waals surface area contributed by atoms with E-state index in [0.717, 1.165) is 17.7 Å². The molecular weight excluding hydrogens is 373 g/mol. The first-order valence-electron chi connectivity index (χ1n) is 7.76. The number of nitrogens with one attached hydrogen (secondary N) is 2. The summed E-state index contributed by atoms with van der Waals surface area (Å²) in [4.78, 5) is 12.2. The predicted octanol–water partition coefficient (Wildman–Crippen LogP) is 4.18. The minimum absolute atomic E-state index is 0.0502. The van der Waals surface area contributed by atoms with E-state index in [4.69, 9.17) is 27.9 Å². The Morgan fingerprint density at radius 3 is 2.58 bits per heavy atom. The van der Waals surface area contributed by atoms with Gasteiger partial charge in [0.2, 0.25) is 0 Å². The average Bonchev–Trinajstić information content (AvgIpc) is 2.64. The zero-order valence-electron chi connectivity index (χ0n) is 14.1. The van der Waals surface area contributed by atoms with E-state index in [2.05, 4.69) is 10.6 Å². The summed E-state index contributed by atoms with van der Waals surface area (Å²) in [5.74, 6) is 0.250. The molecule has 7 heteroatoms. The van der Waals surface area contributed by atoms with Crippen LogP contribution in [0.5, 0.6) is 5.75 Å². The summed E-state index contributed by atoms with van der Waals surface area (Å²) in [6.45, 7) is 0.576. The van der Waals surface area contributed by atoms with Gasteiger partial charge < -0.3 is 15.4 Å². The van der Waals surface area contributed by atoms with Gasteiger partial charge in [0, 0.05) is 17.8 Å². The lowest BCUT2D eigenvalue weighted by molar-refractivity contribution is -0.112. The van der Waals surface area contributed by atoms with Gasteiger partial charge in [0.05, 0.1) is 17.8 Å². The average molecular weight is 390 g/mol. The first-order chi connectivity index (χ1) is 12.5. The summed E-state index contributed by atoms with van der Waals surface area (Å²) in [6.07, 6.45) is 2.13. The fourth-order valence-electron chi connectivity index (χ4n) is 2.11. The van der Waals surface area contributed by atoms with Gasteiger partial charge in [0.15, 0.2) is 0 Å². The van der Waals surface area contributed by atoms with E-state index >= 15 is 0 Å². The van der Waals surface area contributed by atoms with Crippen molar-refractivity contribution in [3.05, 3.63) is 69.8 Å². The van der Waals surface area contributed by atoms with Crippen molar-refractivity contribution in [3.8, 4) is 11.8 Å². The molecule has 26 heavy (non-hydrogen) atoms. The summed E-state index contributed by atoms with van der Waals surface area (Å²) < 4.78 is 5.11. The Hall–Kier alpha value is -2.68. The second kappa shape index (κ2) is 9.71. The van der Waals surface area contributed by atoms with Crippen LogP contribution >= 0.6 is 23.2 Å². The lowest BCUT2D eigenvalue weighted by Gasteiger charge is -2.07. The van der Waals surface area contributed by atoms with E-state index in [1.165, 1.54) is 12.3 Å². The Labute approximate surface area is 162 Å². The standard InChI is InChI=1S/C19H17Cl2N3O2/c1-26-16-5-2-13(3-6-16)8-9-23-12-14(11-22)19(25)24-18-7-4-15(20)10-17(18)21/h2-7,10,12,23H,8-9H2,1H3,(H,24,25)/b14-12-. The van der Waals surface area contributed by atoms with Gasteiger partial charge in [-0.25, -0.2) is 0 Å². The molecule has 0 saturated heterocycles. The van der Waals surface area contributed by atoms with Crippen molar-refractivity contribution in [2.45, 2.75) is 6.42 Å². The number of methoxy groups -OCH3 is 1. The van der Waals surface area contributed by atoms with Crippen LogP contribution < -0.4 is 15.4 Å². The Kier molecular flexibility index (Phi) is 7.34. The van der Waals surface area contributed by atoms with Gasteiger partial charge in [0.1, 0.15) is 17.4 Å². The third-order valence-corrected chi connectivity index (χ3v) is 4.06. The number of nitriles is 1. The first-order valence-corrected chi connectivity index (χ1v) is 8.52. The normalized spacial score (nSPS) is 10.8. The number of nitrogens with zero attached hydrogens (tertiary/aromatic N) is 1. The number of carbonyl (C=O) groups is 1. The quantitative estimate of drug-likeness (QED) is 0.423. The van der Waals surface area contributed by atoms with E-state index in [0.29, 0.717) is 22.3 Å². The molecule has 0 aromatic heterocycles. The van der Waals surface area contributed by atoms with Crippen molar-refractivity contribution < 1.29 is 9.53 Å². The van der Waals surface area contributed by atoms with Crippen LogP contribution in [0.15, 0.2) is 54.2 Å². The van der Waals surface area contributed by atoms with Crippen LogP contribution in [-0.4, -0.2) is 19.6 Å². The predicted molar refractivity (Wildman–Crippen MR) is 103 cm³/mol. The molecule has 0 heterocycles. The zero-order valence-corrected chi connectivity index (χ0v) is 15.6. The number of hydrogen-bond acceptors (Lipinski definition) is 4. The fraction of sp³-hybridized carbons (Fsp3) is 0.158. The van der Waals surface area contributed by atoms with Crippen LogP contribution in [0.3, 0.4) is 0 Å². The lowest BCUT2D eigenvalue weighted by Crippen LogP contribution is -2.18. The second-order valence-electron chi connectivity index (χ2n) is 5.30. The smallest absolute Gasteiger partial charge is 0.267 e. The number of ether oxygens (including phenoxy) is 1. The number of benzene rings is 2. The maximum absolute atomic E-state index is 12.2. The minimum atomic E-state index is -0.548. The van der Waals surface area contributed by atoms with Crippen molar-refractivity contribution in [2.24, 2.45) is 0 Å². The number of hydrogen-bond donors (Lipinski definition) is 2. The highest BCUT2D eigenvalue weighted by atomic mass is 35.5. The van der Waals surface area contributed by atoms with E-state index < -0.39 is 5.91 Å². The molecule has 134 valence electrons. The second-order valence-corrected chi connectivity index (χ2v) is 6.14. The van der Waals surface area contributed by atoms with Crippen LogP contribution in [0, 0.1) is 11.3 Å². The van der Waals surface area contributed by atoms with Crippen molar-refractivity contribution in [1.82, 2.24) is 5.32 Å². The molecule has 1 amide bonds. The molecular formula is C19H17Cl2N3O2. The topological polar surface area (TPSA) is 74.1 Å². The number of halogens is 2. The number of carbonyl (C=O) groups excluding carboxylic acids is 1. The Balaban J connectivity index is 1.90. The molecule has 2 aromatic carbocycles. The van der Waals surface area contributed by atoms with Gasteiger partial charge in [-0.1, -0.05) is 35.3 Å². The molecule has 0 saturated carbocycles. The van der Waals surface area contributed by atoms with Gasteiger partial charge >= 0.3 is 0 Å². The molecule has 0 bridgehead atoms. The molecule has 0 aliphatic rings. The number of rotatable bonds is 7. The van der Waals surface area contributed by atoms with Gasteiger partial charge in [-0.15, -0.1) is 0 Å². The summed E-state index contributed by atoms with van der Waals surface area (Å²) in [5.41, 5.74) is 1.45. The van der Waals surface area contributed by atoms with Crippen LogP contribution in [0.25, 0.3) is 0 Å². The zero-order chi connectivity index (χ0) is 18.9. The van der Waals surface area contributed by atoms with Crippen molar-refractivity contribution in [3.63, 3.8) is 0 Å². The van der Waals surface area contributed by atoms with E-state index in [1.807, 2.05) is 30.3 Å². The monoisotopic (exact) mass is 389 g/mol. The van der Waals surface area contributed by atoms with Crippen LogP contribution in [0.1, 0.15) is 5.56 Å². The molecule has 0 unspecified atom stereocenters. The van der Waals surface area contributed by atoms with Crippen molar-refractivity contribution >= 4 is 34.8 Å². The molecule has 0 atom stereocenters. The van der Waals surface area contributed by atoms with E-state index in [9.17, 15) is 10.1 Å². The number of anilines is 1. The summed E-state index contributed by atoms with van der Waals surface area (Å²) in [6, 6.07) is 14.3. The molecule has 0 aliphatic carbocycles. The molecule has 0 radical (unpaired) electrons. The third-order valence-electron chi connectivity index (χ3n) is 3.51. The largest absolute Gasteiger partial charge is 0.497 e. The third kappa shape index (κ3) is 5.69. The molecule has 5 nitrogen and oxygen atoms in total. The Morgan fingerprint density at radius 2 is 1.96 bits per heavy atom. The highest BCUT2D eigenvalue weighted by molar-refractivity contribution is 6.36. The summed E-state index contributed by atoms with van der Waals surface area (Å²) >= 11 is 11.8. The Morgan fingerprint density at radius 1 is 1.23 bits per heavy atom. The maximum Gasteiger partial charge on any atom is 0.267 e. The fourth-order valence-corrected chi connectivity index (χ4v) is 2.57. The van der Waals surface area contributed by atoms with Crippen LogP contribution in [-0.2, 0) is 11.2 Å². The summed E-state index contributed by atoms with van der Waals surface area (Å²) in [7, 11) is 1.62. The van der Waals surface area contributed by atoms with Crippen LogP contribution in [0.4, 0.5) is 5.69 Å². The highest BCUT2D eigenvalue weighted by Gasteiger charge is 2.11. The minimum Gasteiger partial charge on any atom is -0.497 e. The molecule has 0 fully saturated rings. The maximum atomic E-state index is 12.2. The van der Waals surface area contributed by atoms with E-state index in [-0.39, 0.29) is 5.57 Å². The molecule has 0 spiro atoms. The highest BCUT2D eigenvalue weighted by Crippen LogP contribution is 2.25. The van der Waals surface area contributed by atoms with Crippen molar-refractivity contribution in [1.29, 1.82) is 5.26 Å². The molecule has 2 N–H and O–H groups in total. The first kappa shape index (κ1) is 19.6. The van der Waals surface area contributed by atoms with Gasteiger partial charge in [-0.05, 0) is 42.3 Å².